The first kappa shape index (κ1) is 17.1. The molecule has 6 heteroatoms. The van der Waals surface area contributed by atoms with Gasteiger partial charge in [0.2, 0.25) is 0 Å². The molecular weight excluding hydrogens is 301 g/mol. The third-order valence-corrected chi connectivity index (χ3v) is 4.22. The van der Waals surface area contributed by atoms with Crippen LogP contribution in [0.4, 0.5) is 4.39 Å². The van der Waals surface area contributed by atoms with Crippen LogP contribution in [0.1, 0.15) is 18.6 Å². The minimum Gasteiger partial charge on any atom is -0.367 e. The van der Waals surface area contributed by atoms with Gasteiger partial charge in [0.1, 0.15) is 11.9 Å². The number of nitrogens with zero attached hydrogens (tertiary/aromatic N) is 2. The Morgan fingerprint density at radius 1 is 1.41 bits per heavy atom. The van der Waals surface area contributed by atoms with Gasteiger partial charge in [0.15, 0.2) is 5.96 Å². The van der Waals surface area contributed by atoms with E-state index < -0.39 is 0 Å². The molecule has 0 bridgehead atoms. The highest BCUT2D eigenvalue weighted by Gasteiger charge is 2.28. The van der Waals surface area contributed by atoms with E-state index in [1.165, 1.54) is 12.1 Å². The van der Waals surface area contributed by atoms with Gasteiger partial charge in [-0.3, -0.25) is 4.99 Å². The molecule has 4 nitrogen and oxygen atoms in total. The Morgan fingerprint density at radius 2 is 2.14 bits per heavy atom. The molecule has 0 spiro atoms. The predicted molar refractivity (Wildman–Crippen MR) is 91.0 cm³/mol. The van der Waals surface area contributed by atoms with Crippen LogP contribution in [0, 0.1) is 5.82 Å². The van der Waals surface area contributed by atoms with Crippen LogP contribution in [-0.2, 0) is 4.74 Å². The molecule has 1 heterocycles. The second-order valence-corrected chi connectivity index (χ2v) is 6.34. The molecule has 2 atom stereocenters. The summed E-state index contributed by atoms with van der Waals surface area (Å²) >= 11 is 1.80. The number of rotatable bonds is 4. The molecule has 1 aromatic carbocycles. The summed E-state index contributed by atoms with van der Waals surface area (Å²) in [7, 11) is 1.80. The van der Waals surface area contributed by atoms with Crippen LogP contribution in [0.5, 0.6) is 0 Å². The Balaban J connectivity index is 2.05. The summed E-state index contributed by atoms with van der Waals surface area (Å²) in [4.78, 5) is 6.58. The highest BCUT2D eigenvalue weighted by Crippen LogP contribution is 2.25. The van der Waals surface area contributed by atoms with E-state index in [2.05, 4.69) is 28.4 Å². The van der Waals surface area contributed by atoms with Crippen LogP contribution in [0.15, 0.2) is 29.3 Å². The Morgan fingerprint density at radius 3 is 2.77 bits per heavy atom. The van der Waals surface area contributed by atoms with Gasteiger partial charge in [-0.2, -0.15) is 11.8 Å². The molecule has 2 rings (SSSR count). The van der Waals surface area contributed by atoms with Crippen molar-refractivity contribution in [2.45, 2.75) is 19.1 Å². The van der Waals surface area contributed by atoms with Crippen LogP contribution in [0.3, 0.4) is 0 Å². The number of thioether (sulfide) groups is 1. The zero-order valence-electron chi connectivity index (χ0n) is 13.4. The van der Waals surface area contributed by atoms with Crippen molar-refractivity contribution in [1.29, 1.82) is 0 Å². The second kappa shape index (κ2) is 8.39. The largest absolute Gasteiger partial charge is 0.367 e. The fourth-order valence-electron chi connectivity index (χ4n) is 2.58. The van der Waals surface area contributed by atoms with Crippen LogP contribution in [0.25, 0.3) is 0 Å². The minimum absolute atomic E-state index is 0.0662. The molecule has 1 aromatic rings. The zero-order chi connectivity index (χ0) is 15.9. The normalized spacial score (nSPS) is 22.7. The molecule has 0 radical (unpaired) electrons. The molecule has 1 N–H and O–H groups in total. The number of benzene rings is 1. The average molecular weight is 325 g/mol. The molecule has 0 aliphatic carbocycles. The van der Waals surface area contributed by atoms with Gasteiger partial charge in [0.05, 0.1) is 12.6 Å². The summed E-state index contributed by atoms with van der Waals surface area (Å²) in [5.41, 5.74) is 0.998. The highest BCUT2D eigenvalue weighted by molar-refractivity contribution is 7.98. The topological polar surface area (TPSA) is 36.9 Å². The van der Waals surface area contributed by atoms with E-state index in [0.717, 1.165) is 36.9 Å². The van der Waals surface area contributed by atoms with E-state index in [1.807, 2.05) is 0 Å². The average Bonchev–Trinajstić information content (AvgIpc) is 2.52. The van der Waals surface area contributed by atoms with Gasteiger partial charge < -0.3 is 15.0 Å². The maximum absolute atomic E-state index is 13.1. The lowest BCUT2D eigenvalue weighted by atomic mass is 10.1. The van der Waals surface area contributed by atoms with E-state index in [1.54, 1.807) is 30.9 Å². The Labute approximate surface area is 136 Å². The fraction of sp³-hybridized carbons (Fsp3) is 0.562. The highest BCUT2D eigenvalue weighted by atomic mass is 32.2. The van der Waals surface area contributed by atoms with E-state index in [9.17, 15) is 4.39 Å². The molecule has 0 amide bonds. The molecule has 1 aliphatic rings. The second-order valence-electron chi connectivity index (χ2n) is 5.36. The van der Waals surface area contributed by atoms with E-state index in [0.29, 0.717) is 0 Å². The van der Waals surface area contributed by atoms with Crippen molar-refractivity contribution >= 4 is 17.7 Å². The fourth-order valence-corrected chi connectivity index (χ4v) is 2.89. The first-order valence-electron chi connectivity index (χ1n) is 7.49. The van der Waals surface area contributed by atoms with Gasteiger partial charge in [-0.25, -0.2) is 4.39 Å². The Bertz CT molecular complexity index is 495. The van der Waals surface area contributed by atoms with Gasteiger partial charge in [-0.05, 0) is 30.9 Å². The predicted octanol–water partition coefficient (Wildman–Crippen LogP) is 2.53. The third-order valence-electron chi connectivity index (χ3n) is 3.60. The summed E-state index contributed by atoms with van der Waals surface area (Å²) in [6.45, 7) is 4.46. The molecule has 0 aromatic heterocycles. The third kappa shape index (κ3) is 4.61. The standard InChI is InChI=1S/C16H24FN3OS/c1-12-10-20(16(18-2)19-8-9-22-3)11-15(21-12)13-4-6-14(17)7-5-13/h4-7,12,15H,8-11H2,1-3H3,(H,18,19). The summed E-state index contributed by atoms with van der Waals surface area (Å²) in [5.74, 6) is 1.72. The zero-order valence-corrected chi connectivity index (χ0v) is 14.2. The summed E-state index contributed by atoms with van der Waals surface area (Å²) in [5, 5.41) is 3.38. The molecule has 1 fully saturated rings. The summed E-state index contributed by atoms with van der Waals surface area (Å²) in [6.07, 6.45) is 2.12. The molecule has 2 unspecified atom stereocenters. The SMILES string of the molecule is CN=C(NCCSC)N1CC(C)OC(c2ccc(F)cc2)C1. The maximum Gasteiger partial charge on any atom is 0.193 e. The minimum atomic E-state index is -0.223. The van der Waals surface area contributed by atoms with Crippen LogP contribution in [0.2, 0.25) is 0 Å². The first-order valence-corrected chi connectivity index (χ1v) is 8.89. The molecule has 122 valence electrons. The summed E-state index contributed by atoms with van der Waals surface area (Å²) in [6, 6.07) is 6.54. The Hall–Kier alpha value is -1.27. The number of aliphatic imine (C=N–C) groups is 1. The van der Waals surface area contributed by atoms with Gasteiger partial charge in [0, 0.05) is 25.9 Å². The van der Waals surface area contributed by atoms with Crippen molar-refractivity contribution in [3.8, 4) is 0 Å². The number of guanidine groups is 1. The number of halogens is 1. The smallest absolute Gasteiger partial charge is 0.193 e. The number of ether oxygens (including phenoxy) is 1. The lowest BCUT2D eigenvalue weighted by Gasteiger charge is -2.38. The van der Waals surface area contributed by atoms with Crippen molar-refractivity contribution in [1.82, 2.24) is 10.2 Å². The first-order chi connectivity index (χ1) is 10.6. The van der Waals surface area contributed by atoms with E-state index in [-0.39, 0.29) is 18.0 Å². The van der Waals surface area contributed by atoms with Gasteiger partial charge >= 0.3 is 0 Å². The monoisotopic (exact) mass is 325 g/mol. The van der Waals surface area contributed by atoms with Crippen molar-refractivity contribution in [3.63, 3.8) is 0 Å². The number of hydrogen-bond acceptors (Lipinski definition) is 3. The number of hydrogen-bond donors (Lipinski definition) is 1. The van der Waals surface area contributed by atoms with Crippen molar-refractivity contribution in [2.24, 2.45) is 4.99 Å². The van der Waals surface area contributed by atoms with Crippen molar-refractivity contribution in [3.05, 3.63) is 35.6 Å². The number of nitrogens with one attached hydrogen (secondary N) is 1. The van der Waals surface area contributed by atoms with Crippen molar-refractivity contribution in [2.75, 3.05) is 38.7 Å². The van der Waals surface area contributed by atoms with E-state index >= 15 is 0 Å². The van der Waals surface area contributed by atoms with Crippen LogP contribution >= 0.6 is 11.8 Å². The van der Waals surface area contributed by atoms with Gasteiger partial charge in [-0.15, -0.1) is 0 Å². The molecule has 22 heavy (non-hydrogen) atoms. The van der Waals surface area contributed by atoms with Crippen LogP contribution in [-0.4, -0.2) is 55.7 Å². The molecule has 1 aliphatic heterocycles. The lowest BCUT2D eigenvalue weighted by Crippen LogP contribution is -2.51. The Kier molecular flexibility index (Phi) is 6.51. The maximum atomic E-state index is 13.1. The molecule has 1 saturated heterocycles. The van der Waals surface area contributed by atoms with Crippen LogP contribution < -0.4 is 5.32 Å². The quantitative estimate of drug-likeness (QED) is 0.524. The molecule has 0 saturated carbocycles. The summed E-state index contributed by atoms with van der Waals surface area (Å²) < 4.78 is 19.1. The molecular formula is C16H24FN3OS. The lowest BCUT2D eigenvalue weighted by molar-refractivity contribution is -0.0604. The number of morpholine rings is 1. The van der Waals surface area contributed by atoms with Gasteiger partial charge in [0.25, 0.3) is 0 Å². The van der Waals surface area contributed by atoms with Gasteiger partial charge in [-0.1, -0.05) is 12.1 Å². The van der Waals surface area contributed by atoms with E-state index in [4.69, 9.17) is 4.74 Å². The van der Waals surface area contributed by atoms with Crippen molar-refractivity contribution < 1.29 is 9.13 Å².